The predicted octanol–water partition coefficient (Wildman–Crippen LogP) is 24.9. The van der Waals surface area contributed by atoms with Gasteiger partial charge in [0.15, 0.2) is 0 Å². The highest BCUT2D eigenvalue weighted by Gasteiger charge is 2.51. The Kier molecular flexibility index (Phi) is 15.7. The van der Waals surface area contributed by atoms with Crippen LogP contribution in [0.2, 0.25) is 0 Å². The fourth-order valence-electron chi connectivity index (χ4n) is 16.1. The molecule has 13 aromatic carbocycles. The third kappa shape index (κ3) is 10.8. The van der Waals surface area contributed by atoms with E-state index in [0.29, 0.717) is 0 Å². The molecule has 0 radical (unpaired) electrons. The predicted molar refractivity (Wildman–Crippen MR) is 402 cm³/mol. The molecule has 0 atom stereocenters. The third-order valence-corrected chi connectivity index (χ3v) is 20.9. The van der Waals surface area contributed by atoms with Crippen molar-refractivity contribution >= 4 is 10.8 Å². The van der Waals surface area contributed by atoms with Gasteiger partial charge in [-0.05, 0) is 215 Å². The minimum absolute atomic E-state index is 0.142. The molecule has 462 valence electrons. The smallest absolute Gasteiger partial charge is 0.0619 e. The minimum Gasteiger partial charge on any atom is -0.0619 e. The molecule has 0 saturated carbocycles. The molecule has 0 aliphatic heterocycles. The second-order valence-electron chi connectivity index (χ2n) is 28.8. The number of rotatable bonds is 1. The van der Waals surface area contributed by atoms with E-state index in [-0.39, 0.29) is 16.2 Å². The molecule has 5 aliphatic carbocycles. The van der Waals surface area contributed by atoms with Gasteiger partial charge in [-0.25, -0.2) is 0 Å². The summed E-state index contributed by atoms with van der Waals surface area (Å²) >= 11 is 0. The molecule has 0 unspecified atom stereocenters. The highest BCUT2D eigenvalue weighted by atomic mass is 14.5. The monoisotopic (exact) mass is 1210 g/mol. The Morgan fingerprint density at radius 2 is 0.511 bits per heavy atom. The Hall–Kier alpha value is -9.88. The van der Waals surface area contributed by atoms with E-state index in [0.717, 1.165) is 6.42 Å². The lowest BCUT2D eigenvalue weighted by atomic mass is 9.70. The summed E-state index contributed by atoms with van der Waals surface area (Å²) in [5.74, 6) is 0. The lowest BCUT2D eigenvalue weighted by molar-refractivity contribution is 0.659. The summed E-state index contributed by atoms with van der Waals surface area (Å²) in [5, 5.41) is 2.62. The molecule has 1 spiro atoms. The van der Waals surface area contributed by atoms with Gasteiger partial charge >= 0.3 is 0 Å². The maximum absolute atomic E-state index is 2.41. The first kappa shape index (κ1) is 61.6. The standard InChI is InChI=1S/C27H20.C18H16.2C17H18.C15H14/c1-17-11-13-21-22-14-12-18(2)16-26(22)27(25(21)15-17)23-9-5-3-7-19(23)20-8-4-6-10-24(20)27;1-13-3-6-15(7-4-13)17-10-9-16-11-14(2)5-8-18(16)12-17;1-11-5-7-15-13(9-11)14-10-12(2)6-8-16(14)17(15,3)4;1-11-5-7-13-14-8-6-12(2)10-16(14)17(3,4)15(13)9-11;1-10-3-5-14-12(7-10)9-13-8-11(2)4-6-15(13)14/h3-16H,1-2H3;3-12H,1-2H3;2*5-10H,1-4H3;3-8H,9H2,1-2H3. The van der Waals surface area contributed by atoms with Crippen LogP contribution in [0.3, 0.4) is 0 Å². The van der Waals surface area contributed by atoms with E-state index < -0.39 is 0 Å². The van der Waals surface area contributed by atoms with Crippen LogP contribution >= 0.6 is 0 Å². The number of hydrogen-bond donors (Lipinski definition) is 0. The molecule has 5 aliphatic rings. The molecule has 94 heavy (non-hydrogen) atoms. The van der Waals surface area contributed by atoms with E-state index >= 15 is 0 Å². The topological polar surface area (TPSA) is 0 Å². The molecule has 0 bridgehead atoms. The average Bonchev–Trinajstić information content (AvgIpc) is 1.51. The lowest BCUT2D eigenvalue weighted by Crippen LogP contribution is -2.26. The Morgan fingerprint density at radius 3 is 0.979 bits per heavy atom. The van der Waals surface area contributed by atoms with Crippen LogP contribution in [-0.2, 0) is 22.7 Å². The zero-order chi connectivity index (χ0) is 65.5. The van der Waals surface area contributed by atoms with E-state index in [1.54, 1.807) is 0 Å². The zero-order valence-corrected chi connectivity index (χ0v) is 57.5. The fraction of sp³-hybridized carbons (Fsp3) is 0.191. The van der Waals surface area contributed by atoms with Crippen LogP contribution < -0.4 is 0 Å². The van der Waals surface area contributed by atoms with Crippen molar-refractivity contribution in [2.75, 3.05) is 0 Å². The Bertz CT molecular complexity index is 4890. The SMILES string of the molecule is Cc1ccc(-c2ccc3cc(C)ccc3c2)cc1.Cc1ccc2c(c1)-c1cc(C)ccc1C2(C)C.Cc1ccc2c(c1)C(C)(C)c1cc(C)ccc1-2.Cc1ccc2c(c1)C1(c3ccccc3-c3ccccc31)c1cc(C)ccc1-2.Cc1ccc2c(c1)Cc1cc(C)ccc1-2. The molecule has 0 saturated heterocycles. The summed E-state index contributed by atoms with van der Waals surface area (Å²) in [6.07, 6.45) is 1.11. The van der Waals surface area contributed by atoms with E-state index in [9.17, 15) is 0 Å². The van der Waals surface area contributed by atoms with Crippen molar-refractivity contribution in [2.24, 2.45) is 0 Å². The number of benzene rings is 13. The van der Waals surface area contributed by atoms with Crippen molar-refractivity contribution in [3.63, 3.8) is 0 Å². The first-order valence-corrected chi connectivity index (χ1v) is 33.8. The Balaban J connectivity index is 0.000000103. The molecule has 0 nitrogen and oxygen atoms in total. The van der Waals surface area contributed by atoms with Gasteiger partial charge in [-0.2, -0.15) is 0 Å². The summed E-state index contributed by atoms with van der Waals surface area (Å²) in [7, 11) is 0. The van der Waals surface area contributed by atoms with Gasteiger partial charge in [-0.1, -0.05) is 332 Å². The molecule has 0 aromatic heterocycles. The molecule has 18 rings (SSSR count). The first-order chi connectivity index (χ1) is 45.2. The molecule has 0 fully saturated rings. The summed E-state index contributed by atoms with van der Waals surface area (Å²) in [6.45, 7) is 31.0. The van der Waals surface area contributed by atoms with Gasteiger partial charge in [-0.15, -0.1) is 0 Å². The van der Waals surface area contributed by atoms with Crippen LogP contribution in [0, 0.1) is 69.2 Å². The minimum atomic E-state index is -0.199. The number of aryl methyl sites for hydroxylation is 10. The van der Waals surface area contributed by atoms with E-state index in [1.807, 2.05) is 0 Å². The molecule has 0 heteroatoms. The highest BCUT2D eigenvalue weighted by Crippen LogP contribution is 2.63. The van der Waals surface area contributed by atoms with Crippen LogP contribution in [0.4, 0.5) is 0 Å². The molecular formula is C94H86. The average molecular weight is 1220 g/mol. The van der Waals surface area contributed by atoms with Gasteiger partial charge < -0.3 is 0 Å². The van der Waals surface area contributed by atoms with Crippen molar-refractivity contribution in [1.82, 2.24) is 0 Å². The molecular weight excluding hydrogens is 1130 g/mol. The number of fused-ring (bicyclic) bond motifs is 20. The molecule has 0 heterocycles. The van der Waals surface area contributed by atoms with Crippen molar-refractivity contribution in [3.8, 4) is 66.8 Å². The van der Waals surface area contributed by atoms with Crippen LogP contribution in [0.1, 0.15) is 139 Å². The third-order valence-electron chi connectivity index (χ3n) is 20.9. The van der Waals surface area contributed by atoms with Gasteiger partial charge in [0.1, 0.15) is 0 Å². The van der Waals surface area contributed by atoms with Crippen molar-refractivity contribution in [1.29, 1.82) is 0 Å². The van der Waals surface area contributed by atoms with Crippen LogP contribution in [0.5, 0.6) is 0 Å². The lowest BCUT2D eigenvalue weighted by Gasteiger charge is -2.30. The van der Waals surface area contributed by atoms with E-state index in [2.05, 4.69) is 352 Å². The maximum atomic E-state index is 2.41. The quantitative estimate of drug-likeness (QED) is 0.154. The van der Waals surface area contributed by atoms with Crippen LogP contribution in [0.25, 0.3) is 77.5 Å². The van der Waals surface area contributed by atoms with Gasteiger partial charge in [0.25, 0.3) is 0 Å². The summed E-state index contributed by atoms with van der Waals surface area (Å²) in [5.41, 5.74) is 44.6. The maximum Gasteiger partial charge on any atom is 0.0725 e. The van der Waals surface area contributed by atoms with Crippen molar-refractivity contribution in [2.45, 2.75) is 120 Å². The largest absolute Gasteiger partial charge is 0.0725 e. The van der Waals surface area contributed by atoms with Crippen molar-refractivity contribution < 1.29 is 0 Å². The van der Waals surface area contributed by atoms with E-state index in [4.69, 9.17) is 0 Å². The second kappa shape index (κ2) is 23.9. The van der Waals surface area contributed by atoms with Crippen LogP contribution in [-0.4, -0.2) is 0 Å². The Labute approximate surface area is 559 Å². The fourth-order valence-corrected chi connectivity index (χ4v) is 16.1. The van der Waals surface area contributed by atoms with Gasteiger partial charge in [0.2, 0.25) is 0 Å². The highest BCUT2D eigenvalue weighted by molar-refractivity contribution is 5.95. The van der Waals surface area contributed by atoms with Gasteiger partial charge in [0.05, 0.1) is 5.41 Å². The normalized spacial score (nSPS) is 13.9. The summed E-state index contributed by atoms with van der Waals surface area (Å²) in [6, 6.07) is 94.7. The zero-order valence-electron chi connectivity index (χ0n) is 57.5. The Morgan fingerprint density at radius 1 is 0.202 bits per heavy atom. The first-order valence-electron chi connectivity index (χ1n) is 33.8. The number of hydrogen-bond acceptors (Lipinski definition) is 0. The summed E-state index contributed by atoms with van der Waals surface area (Å²) in [4.78, 5) is 0. The van der Waals surface area contributed by atoms with Gasteiger partial charge in [0, 0.05) is 10.8 Å². The summed E-state index contributed by atoms with van der Waals surface area (Å²) < 4.78 is 0. The van der Waals surface area contributed by atoms with Gasteiger partial charge in [-0.3, -0.25) is 0 Å². The molecule has 13 aromatic rings. The second-order valence-corrected chi connectivity index (χ2v) is 28.8. The molecule has 0 N–H and O–H groups in total. The van der Waals surface area contributed by atoms with E-state index in [1.165, 1.54) is 189 Å². The van der Waals surface area contributed by atoms with Crippen LogP contribution in [0.15, 0.2) is 255 Å². The van der Waals surface area contributed by atoms with Crippen molar-refractivity contribution in [3.05, 3.63) is 366 Å². The molecule has 0 amide bonds.